The minimum atomic E-state index is 0.246. The van der Waals surface area contributed by atoms with Gasteiger partial charge in [-0.05, 0) is 25.2 Å². The summed E-state index contributed by atoms with van der Waals surface area (Å²) in [6.45, 7) is 4.06. The minimum absolute atomic E-state index is 0.246. The van der Waals surface area contributed by atoms with E-state index >= 15 is 0 Å². The van der Waals surface area contributed by atoms with Crippen molar-refractivity contribution in [1.82, 2.24) is 15.0 Å². The summed E-state index contributed by atoms with van der Waals surface area (Å²) in [5.74, 6) is 2.42. The molecule has 2 aliphatic rings. The lowest BCUT2D eigenvalue weighted by Gasteiger charge is -2.32. The highest BCUT2D eigenvalue weighted by atomic mass is 16.5. The van der Waals surface area contributed by atoms with Crippen LogP contribution in [0.25, 0.3) is 0 Å². The lowest BCUT2D eigenvalue weighted by atomic mass is 9.86. The Balaban J connectivity index is 1.29. The molecule has 0 radical (unpaired) electrons. The number of aryl methyl sites for hydroxylation is 1. The Morgan fingerprint density at radius 3 is 2.64 bits per heavy atom. The summed E-state index contributed by atoms with van der Waals surface area (Å²) in [6, 6.07) is 0. The van der Waals surface area contributed by atoms with Crippen molar-refractivity contribution >= 4 is 5.91 Å². The smallest absolute Gasteiger partial charge is 0.223 e. The summed E-state index contributed by atoms with van der Waals surface area (Å²) in [7, 11) is 0. The van der Waals surface area contributed by atoms with Crippen LogP contribution in [-0.2, 0) is 16.0 Å². The molecule has 0 N–H and O–H groups in total. The summed E-state index contributed by atoms with van der Waals surface area (Å²) in [5, 5.41) is 3.87. The van der Waals surface area contributed by atoms with Gasteiger partial charge in [0.25, 0.3) is 0 Å². The molecule has 1 aromatic heterocycles. The van der Waals surface area contributed by atoms with Gasteiger partial charge >= 0.3 is 0 Å². The number of hydrogen-bond donors (Lipinski definition) is 0. The van der Waals surface area contributed by atoms with Gasteiger partial charge in [0, 0.05) is 32.9 Å². The van der Waals surface area contributed by atoms with E-state index in [0.717, 1.165) is 44.7 Å². The molecule has 0 bridgehead atoms. The molecule has 0 spiro atoms. The third-order valence-electron chi connectivity index (χ3n) is 5.53. The Morgan fingerprint density at radius 2 is 1.96 bits per heavy atom. The first-order chi connectivity index (χ1) is 12.2. The van der Waals surface area contributed by atoms with Crippen LogP contribution < -0.4 is 0 Å². The molecule has 6 heteroatoms. The van der Waals surface area contributed by atoms with E-state index in [1.807, 2.05) is 4.90 Å². The van der Waals surface area contributed by atoms with Crippen LogP contribution in [0.2, 0.25) is 0 Å². The summed E-state index contributed by atoms with van der Waals surface area (Å²) in [6.07, 6.45) is 11.3. The number of carbonyl (C=O) groups excluding carboxylic acids is 1. The highest BCUT2D eigenvalue weighted by Crippen LogP contribution is 2.27. The number of hydrogen-bond acceptors (Lipinski definition) is 5. The van der Waals surface area contributed by atoms with Gasteiger partial charge < -0.3 is 14.2 Å². The molecular formula is C19H31N3O3. The number of amides is 1. The summed E-state index contributed by atoms with van der Waals surface area (Å²) >= 11 is 0. The molecule has 1 aliphatic heterocycles. The highest BCUT2D eigenvalue weighted by Gasteiger charge is 2.24. The van der Waals surface area contributed by atoms with E-state index < -0.39 is 0 Å². The predicted octanol–water partition coefficient (Wildman–Crippen LogP) is 3.29. The highest BCUT2D eigenvalue weighted by molar-refractivity contribution is 5.76. The zero-order valence-corrected chi connectivity index (χ0v) is 15.4. The molecule has 1 amide bonds. The van der Waals surface area contributed by atoms with Crippen LogP contribution >= 0.6 is 0 Å². The van der Waals surface area contributed by atoms with Crippen LogP contribution in [-0.4, -0.2) is 46.7 Å². The lowest BCUT2D eigenvalue weighted by Crippen LogP contribution is -2.41. The Kier molecular flexibility index (Phi) is 6.84. The van der Waals surface area contributed by atoms with Crippen LogP contribution in [0.4, 0.5) is 0 Å². The molecule has 1 saturated heterocycles. The SMILES string of the molecule is Cc1nc(CCOC2CCN(C(=O)CCC3CCCCC3)CC2)no1. The number of likely N-dealkylation sites (tertiary alicyclic amines) is 1. The zero-order chi connectivity index (χ0) is 17.5. The molecule has 0 unspecified atom stereocenters. The second-order valence-corrected chi connectivity index (χ2v) is 7.47. The van der Waals surface area contributed by atoms with Gasteiger partial charge in [-0.3, -0.25) is 4.79 Å². The first-order valence-electron chi connectivity index (χ1n) is 9.89. The molecule has 2 fully saturated rings. The average molecular weight is 349 g/mol. The molecule has 0 aromatic carbocycles. The number of carbonyl (C=O) groups is 1. The first-order valence-corrected chi connectivity index (χ1v) is 9.89. The van der Waals surface area contributed by atoms with Crippen molar-refractivity contribution in [2.24, 2.45) is 5.92 Å². The number of nitrogens with zero attached hydrogens (tertiary/aromatic N) is 3. The quantitative estimate of drug-likeness (QED) is 0.755. The second kappa shape index (κ2) is 9.32. The maximum atomic E-state index is 12.4. The van der Waals surface area contributed by atoms with Crippen LogP contribution in [0.1, 0.15) is 69.5 Å². The van der Waals surface area contributed by atoms with Gasteiger partial charge in [-0.15, -0.1) is 0 Å². The number of aromatic nitrogens is 2. The zero-order valence-electron chi connectivity index (χ0n) is 15.4. The van der Waals surface area contributed by atoms with Crippen molar-refractivity contribution in [2.75, 3.05) is 19.7 Å². The second-order valence-electron chi connectivity index (χ2n) is 7.47. The van der Waals surface area contributed by atoms with E-state index in [9.17, 15) is 4.79 Å². The van der Waals surface area contributed by atoms with Crippen molar-refractivity contribution in [3.05, 3.63) is 11.7 Å². The van der Waals surface area contributed by atoms with Gasteiger partial charge in [0.2, 0.25) is 11.8 Å². The minimum Gasteiger partial charge on any atom is -0.378 e. The average Bonchev–Trinajstić information content (AvgIpc) is 3.06. The van der Waals surface area contributed by atoms with Crippen LogP contribution in [0, 0.1) is 12.8 Å². The van der Waals surface area contributed by atoms with Crippen LogP contribution in [0.5, 0.6) is 0 Å². The Bertz CT molecular complexity index is 532. The lowest BCUT2D eigenvalue weighted by molar-refractivity contribution is -0.134. The summed E-state index contributed by atoms with van der Waals surface area (Å²) in [5.41, 5.74) is 0. The number of rotatable bonds is 7. The molecule has 140 valence electrons. The van der Waals surface area contributed by atoms with Gasteiger partial charge in [0.05, 0.1) is 12.7 Å². The van der Waals surface area contributed by atoms with E-state index in [1.54, 1.807) is 6.92 Å². The molecule has 25 heavy (non-hydrogen) atoms. The fourth-order valence-electron chi connectivity index (χ4n) is 3.99. The molecule has 6 nitrogen and oxygen atoms in total. The van der Waals surface area contributed by atoms with Gasteiger partial charge in [-0.25, -0.2) is 0 Å². The summed E-state index contributed by atoms with van der Waals surface area (Å²) < 4.78 is 10.9. The van der Waals surface area contributed by atoms with Crippen molar-refractivity contribution in [3.8, 4) is 0 Å². The van der Waals surface area contributed by atoms with Gasteiger partial charge in [0.1, 0.15) is 0 Å². The monoisotopic (exact) mass is 349 g/mol. The van der Waals surface area contributed by atoms with Crippen molar-refractivity contribution in [2.45, 2.75) is 77.2 Å². The fraction of sp³-hybridized carbons (Fsp3) is 0.842. The van der Waals surface area contributed by atoms with Crippen molar-refractivity contribution in [1.29, 1.82) is 0 Å². The van der Waals surface area contributed by atoms with E-state index in [4.69, 9.17) is 9.26 Å². The van der Waals surface area contributed by atoms with E-state index in [2.05, 4.69) is 10.1 Å². The van der Waals surface area contributed by atoms with Crippen LogP contribution in [0.15, 0.2) is 4.52 Å². The number of ether oxygens (including phenoxy) is 1. The molecule has 3 rings (SSSR count). The molecule has 1 saturated carbocycles. The Labute approximate surface area is 150 Å². The van der Waals surface area contributed by atoms with Crippen molar-refractivity contribution < 1.29 is 14.1 Å². The molecule has 2 heterocycles. The Morgan fingerprint density at radius 1 is 1.20 bits per heavy atom. The van der Waals surface area contributed by atoms with E-state index in [-0.39, 0.29) is 6.10 Å². The Hall–Kier alpha value is -1.43. The standard InChI is InChI=1S/C19H31N3O3/c1-15-20-18(21-25-15)11-14-24-17-9-12-22(13-10-17)19(23)8-7-16-5-3-2-4-6-16/h16-17H,2-14H2,1H3. The number of piperidine rings is 1. The normalized spacial score (nSPS) is 20.1. The largest absolute Gasteiger partial charge is 0.378 e. The first kappa shape index (κ1) is 18.4. The third kappa shape index (κ3) is 5.80. The topological polar surface area (TPSA) is 68.5 Å². The summed E-state index contributed by atoms with van der Waals surface area (Å²) in [4.78, 5) is 18.6. The fourth-order valence-corrected chi connectivity index (χ4v) is 3.99. The molecule has 1 aliphatic carbocycles. The maximum absolute atomic E-state index is 12.4. The van der Waals surface area contributed by atoms with Gasteiger partial charge in [0.15, 0.2) is 5.82 Å². The molecule has 0 atom stereocenters. The van der Waals surface area contributed by atoms with Crippen LogP contribution in [0.3, 0.4) is 0 Å². The van der Waals surface area contributed by atoms with E-state index in [0.29, 0.717) is 30.7 Å². The van der Waals surface area contributed by atoms with E-state index in [1.165, 1.54) is 32.1 Å². The van der Waals surface area contributed by atoms with Gasteiger partial charge in [-0.2, -0.15) is 4.98 Å². The predicted molar refractivity (Wildman–Crippen MR) is 94.1 cm³/mol. The van der Waals surface area contributed by atoms with Gasteiger partial charge in [-0.1, -0.05) is 37.3 Å². The third-order valence-corrected chi connectivity index (χ3v) is 5.53. The van der Waals surface area contributed by atoms with Crippen molar-refractivity contribution in [3.63, 3.8) is 0 Å². The molecule has 1 aromatic rings. The maximum Gasteiger partial charge on any atom is 0.223 e. The molecular weight excluding hydrogens is 318 g/mol.